The average Bonchev–Trinajstić information content (AvgIpc) is 3.26. The molecule has 2 amide bonds. The number of amides is 2. The number of ether oxygens (including phenoxy) is 2. The standard InChI is InChI=1S/C24H28ClN3O4/c1-13(2)9-15-11-18(22(29)26-20-12-16(31-3)6-8-21(20)32-4)24(28-15)17-10-14(25)5-7-19(17)27-23(24)30/h5-8,10,12-13,15,18,28H,9,11H2,1-4H3,(H,26,29)(H,27,30)/t15-,18+,24-/m1/s1. The summed E-state index contributed by atoms with van der Waals surface area (Å²) in [6, 6.07) is 10.5. The van der Waals surface area contributed by atoms with Gasteiger partial charge in [0.2, 0.25) is 11.8 Å². The molecule has 2 heterocycles. The second-order valence-electron chi connectivity index (χ2n) is 8.77. The quantitative estimate of drug-likeness (QED) is 0.606. The largest absolute Gasteiger partial charge is 0.497 e. The predicted octanol–water partition coefficient (Wildman–Crippen LogP) is 4.17. The van der Waals surface area contributed by atoms with E-state index in [1.54, 1.807) is 43.5 Å². The van der Waals surface area contributed by atoms with Crippen LogP contribution >= 0.6 is 11.6 Å². The Balaban J connectivity index is 1.74. The van der Waals surface area contributed by atoms with Crippen molar-refractivity contribution in [3.63, 3.8) is 0 Å². The number of nitrogens with one attached hydrogen (secondary N) is 3. The number of anilines is 2. The molecule has 2 aliphatic heterocycles. The van der Waals surface area contributed by atoms with Gasteiger partial charge in [0, 0.05) is 28.4 Å². The number of carbonyl (C=O) groups is 2. The number of fused-ring (bicyclic) bond motifs is 2. The molecule has 0 unspecified atom stereocenters. The van der Waals surface area contributed by atoms with Crippen LogP contribution in [0.1, 0.15) is 32.3 Å². The summed E-state index contributed by atoms with van der Waals surface area (Å²) in [5.41, 5.74) is 0.688. The van der Waals surface area contributed by atoms with E-state index in [4.69, 9.17) is 21.1 Å². The number of hydrogen-bond acceptors (Lipinski definition) is 5. The van der Waals surface area contributed by atoms with Crippen LogP contribution in [0, 0.1) is 11.8 Å². The predicted molar refractivity (Wildman–Crippen MR) is 124 cm³/mol. The minimum absolute atomic E-state index is 0.00800. The highest BCUT2D eigenvalue weighted by Gasteiger charge is 2.60. The maximum atomic E-state index is 13.7. The van der Waals surface area contributed by atoms with Gasteiger partial charge in [-0.15, -0.1) is 0 Å². The van der Waals surface area contributed by atoms with Gasteiger partial charge >= 0.3 is 0 Å². The summed E-state index contributed by atoms with van der Waals surface area (Å²) < 4.78 is 10.7. The van der Waals surface area contributed by atoms with Crippen molar-refractivity contribution in [2.45, 2.75) is 38.3 Å². The zero-order valence-electron chi connectivity index (χ0n) is 18.6. The number of benzene rings is 2. The summed E-state index contributed by atoms with van der Waals surface area (Å²) in [5.74, 6) is 0.373. The Bertz CT molecular complexity index is 1060. The summed E-state index contributed by atoms with van der Waals surface area (Å²) in [7, 11) is 3.10. The molecule has 0 aromatic heterocycles. The van der Waals surface area contributed by atoms with Gasteiger partial charge < -0.3 is 20.1 Å². The Morgan fingerprint density at radius 1 is 1.22 bits per heavy atom. The Hall–Kier alpha value is -2.77. The molecule has 2 aromatic rings. The molecule has 1 fully saturated rings. The zero-order valence-corrected chi connectivity index (χ0v) is 19.4. The molecule has 1 saturated heterocycles. The summed E-state index contributed by atoms with van der Waals surface area (Å²) in [4.78, 5) is 27.0. The summed E-state index contributed by atoms with van der Waals surface area (Å²) >= 11 is 6.29. The first kappa shape index (κ1) is 22.4. The van der Waals surface area contributed by atoms with Gasteiger partial charge in [-0.25, -0.2) is 0 Å². The van der Waals surface area contributed by atoms with E-state index >= 15 is 0 Å². The molecule has 0 aliphatic carbocycles. The molecular formula is C24H28ClN3O4. The topological polar surface area (TPSA) is 88.7 Å². The number of rotatable bonds is 6. The van der Waals surface area contributed by atoms with E-state index in [9.17, 15) is 9.59 Å². The lowest BCUT2D eigenvalue weighted by molar-refractivity contribution is -0.130. The van der Waals surface area contributed by atoms with Crippen molar-refractivity contribution < 1.29 is 19.1 Å². The minimum Gasteiger partial charge on any atom is -0.497 e. The van der Waals surface area contributed by atoms with Crippen molar-refractivity contribution in [1.82, 2.24) is 5.32 Å². The second-order valence-corrected chi connectivity index (χ2v) is 9.20. The fourth-order valence-corrected chi connectivity index (χ4v) is 5.06. The van der Waals surface area contributed by atoms with Gasteiger partial charge in [0.25, 0.3) is 0 Å². The smallest absolute Gasteiger partial charge is 0.250 e. The number of carbonyl (C=O) groups excluding carboxylic acids is 2. The second kappa shape index (κ2) is 8.64. The van der Waals surface area contributed by atoms with Crippen LogP contribution in [-0.4, -0.2) is 32.1 Å². The molecule has 1 spiro atoms. The van der Waals surface area contributed by atoms with Crippen molar-refractivity contribution in [2.24, 2.45) is 11.8 Å². The molecule has 4 rings (SSSR count). The lowest BCUT2D eigenvalue weighted by Gasteiger charge is -2.29. The van der Waals surface area contributed by atoms with E-state index in [1.807, 2.05) is 0 Å². The lowest BCUT2D eigenvalue weighted by Crippen LogP contribution is -2.52. The first-order chi connectivity index (χ1) is 15.3. The Labute approximate surface area is 192 Å². The average molecular weight is 458 g/mol. The molecule has 0 radical (unpaired) electrons. The maximum Gasteiger partial charge on any atom is 0.250 e. The van der Waals surface area contributed by atoms with Crippen molar-refractivity contribution in [3.8, 4) is 11.5 Å². The van der Waals surface area contributed by atoms with Gasteiger partial charge in [0.15, 0.2) is 0 Å². The summed E-state index contributed by atoms with van der Waals surface area (Å²) in [5, 5.41) is 9.94. The van der Waals surface area contributed by atoms with E-state index in [2.05, 4.69) is 29.8 Å². The molecule has 2 aliphatic rings. The van der Waals surface area contributed by atoms with Gasteiger partial charge in [0.1, 0.15) is 17.0 Å². The van der Waals surface area contributed by atoms with E-state index in [1.165, 1.54) is 7.11 Å². The van der Waals surface area contributed by atoms with Crippen LogP contribution in [0.15, 0.2) is 36.4 Å². The minimum atomic E-state index is -1.18. The third-order valence-corrected chi connectivity index (χ3v) is 6.46. The van der Waals surface area contributed by atoms with Crippen LogP contribution in [0.2, 0.25) is 5.02 Å². The van der Waals surface area contributed by atoms with Crippen molar-refractivity contribution >= 4 is 34.8 Å². The van der Waals surface area contributed by atoms with Crippen LogP contribution in [-0.2, 0) is 15.1 Å². The lowest BCUT2D eigenvalue weighted by atomic mass is 9.79. The maximum absolute atomic E-state index is 13.7. The molecule has 32 heavy (non-hydrogen) atoms. The fraction of sp³-hybridized carbons (Fsp3) is 0.417. The SMILES string of the molecule is COc1ccc(OC)c(NC(=O)[C@@H]2C[C@@H](CC(C)C)N[C@@]23C(=O)Nc2ccc(Cl)cc23)c1. The Morgan fingerprint density at radius 3 is 2.69 bits per heavy atom. The number of hydrogen-bond donors (Lipinski definition) is 3. The van der Waals surface area contributed by atoms with Gasteiger partial charge in [-0.05, 0) is 49.1 Å². The van der Waals surface area contributed by atoms with Gasteiger partial charge in [-0.3, -0.25) is 14.9 Å². The van der Waals surface area contributed by atoms with Crippen molar-refractivity contribution in [3.05, 3.63) is 47.0 Å². The molecule has 0 saturated carbocycles. The summed E-state index contributed by atoms with van der Waals surface area (Å²) in [6.45, 7) is 4.25. The summed E-state index contributed by atoms with van der Waals surface area (Å²) in [6.07, 6.45) is 1.37. The molecule has 170 valence electrons. The first-order valence-corrected chi connectivity index (χ1v) is 11.1. The molecule has 8 heteroatoms. The highest BCUT2D eigenvalue weighted by atomic mass is 35.5. The van der Waals surface area contributed by atoms with Crippen LogP contribution in [0.4, 0.5) is 11.4 Å². The third kappa shape index (κ3) is 3.80. The van der Waals surface area contributed by atoms with Gasteiger partial charge in [-0.2, -0.15) is 0 Å². The molecule has 3 N–H and O–H groups in total. The zero-order chi connectivity index (χ0) is 23.0. The monoisotopic (exact) mass is 457 g/mol. The van der Waals surface area contributed by atoms with E-state index < -0.39 is 11.5 Å². The third-order valence-electron chi connectivity index (χ3n) is 6.22. The van der Waals surface area contributed by atoms with Gasteiger partial charge in [0.05, 0.1) is 25.8 Å². The normalized spacial score (nSPS) is 23.9. The van der Waals surface area contributed by atoms with Crippen LogP contribution in [0.3, 0.4) is 0 Å². The van der Waals surface area contributed by atoms with Crippen LogP contribution in [0.25, 0.3) is 0 Å². The Morgan fingerprint density at radius 2 is 2.00 bits per heavy atom. The van der Waals surface area contributed by atoms with Crippen LogP contribution in [0.5, 0.6) is 11.5 Å². The van der Waals surface area contributed by atoms with Gasteiger partial charge in [-0.1, -0.05) is 25.4 Å². The molecule has 2 aromatic carbocycles. The highest BCUT2D eigenvalue weighted by Crippen LogP contribution is 2.49. The Kier molecular flexibility index (Phi) is 6.05. The van der Waals surface area contributed by atoms with Crippen molar-refractivity contribution in [2.75, 3.05) is 24.9 Å². The number of halogens is 1. The number of methoxy groups -OCH3 is 2. The molecular weight excluding hydrogens is 430 g/mol. The highest BCUT2D eigenvalue weighted by molar-refractivity contribution is 6.31. The molecule has 7 nitrogen and oxygen atoms in total. The van der Waals surface area contributed by atoms with Crippen LogP contribution < -0.4 is 25.4 Å². The van der Waals surface area contributed by atoms with E-state index in [0.29, 0.717) is 45.8 Å². The molecule has 0 bridgehead atoms. The van der Waals surface area contributed by atoms with E-state index in [-0.39, 0.29) is 17.9 Å². The van der Waals surface area contributed by atoms with Crippen molar-refractivity contribution in [1.29, 1.82) is 0 Å². The fourth-order valence-electron chi connectivity index (χ4n) is 4.89. The molecule has 3 atom stereocenters. The first-order valence-electron chi connectivity index (χ1n) is 10.7. The van der Waals surface area contributed by atoms with E-state index in [0.717, 1.165) is 6.42 Å².